The molecule has 2 saturated heterocycles. The topological polar surface area (TPSA) is 42.0 Å². The van der Waals surface area contributed by atoms with E-state index in [4.69, 9.17) is 9.47 Å². The standard InChI is InChI=1S/C15H26N2O3.2ClH/c18-15-13(11-16-3-7-19-8-4-16)1-2-14(15)12-17-5-9-20-10-6-17;;/h13-14H,1-12H2;2*1H. The lowest BCUT2D eigenvalue weighted by atomic mass is 10.0. The van der Waals surface area contributed by atoms with Gasteiger partial charge in [0.2, 0.25) is 0 Å². The van der Waals surface area contributed by atoms with E-state index in [1.807, 2.05) is 0 Å². The van der Waals surface area contributed by atoms with Gasteiger partial charge in [0, 0.05) is 51.1 Å². The summed E-state index contributed by atoms with van der Waals surface area (Å²) in [6.07, 6.45) is 2.15. The van der Waals surface area contributed by atoms with E-state index in [2.05, 4.69) is 9.80 Å². The van der Waals surface area contributed by atoms with Crippen molar-refractivity contribution in [1.82, 2.24) is 9.80 Å². The van der Waals surface area contributed by atoms with Gasteiger partial charge in [-0.15, -0.1) is 24.8 Å². The third-order valence-corrected chi connectivity index (χ3v) is 4.83. The number of halogens is 2. The lowest BCUT2D eigenvalue weighted by molar-refractivity contribution is -0.125. The lowest BCUT2D eigenvalue weighted by Gasteiger charge is -2.30. The average Bonchev–Trinajstić information content (AvgIpc) is 2.83. The van der Waals surface area contributed by atoms with Crippen molar-refractivity contribution < 1.29 is 14.3 Å². The van der Waals surface area contributed by atoms with E-state index in [-0.39, 0.29) is 36.6 Å². The van der Waals surface area contributed by atoms with Gasteiger partial charge < -0.3 is 9.47 Å². The zero-order valence-electron chi connectivity index (χ0n) is 13.1. The largest absolute Gasteiger partial charge is 0.379 e. The number of hydrogen-bond acceptors (Lipinski definition) is 5. The SMILES string of the molecule is Cl.Cl.O=C1C(CN2CCOCC2)CCC1CN1CCOCC1. The van der Waals surface area contributed by atoms with E-state index in [9.17, 15) is 4.79 Å². The minimum absolute atomic E-state index is 0. The van der Waals surface area contributed by atoms with Crippen LogP contribution in [0, 0.1) is 11.8 Å². The molecular weight excluding hydrogens is 327 g/mol. The summed E-state index contributed by atoms with van der Waals surface area (Å²) in [5.41, 5.74) is 0. The second-order valence-corrected chi connectivity index (χ2v) is 6.20. The molecule has 3 rings (SSSR count). The Bertz CT molecular complexity index is 305. The molecule has 3 aliphatic rings. The Morgan fingerprint density at radius 1 is 0.773 bits per heavy atom. The van der Waals surface area contributed by atoms with Gasteiger partial charge in [-0.2, -0.15) is 0 Å². The van der Waals surface area contributed by atoms with Crippen LogP contribution in [-0.2, 0) is 14.3 Å². The summed E-state index contributed by atoms with van der Waals surface area (Å²) in [5.74, 6) is 1.03. The molecule has 0 bridgehead atoms. The van der Waals surface area contributed by atoms with Crippen LogP contribution in [0.1, 0.15) is 12.8 Å². The van der Waals surface area contributed by atoms with Crippen LogP contribution >= 0.6 is 24.8 Å². The van der Waals surface area contributed by atoms with Crippen molar-refractivity contribution in [3.05, 3.63) is 0 Å². The summed E-state index contributed by atoms with van der Waals surface area (Å²) >= 11 is 0. The number of ketones is 1. The van der Waals surface area contributed by atoms with Crippen LogP contribution in [0.2, 0.25) is 0 Å². The zero-order valence-corrected chi connectivity index (χ0v) is 14.7. The smallest absolute Gasteiger partial charge is 0.141 e. The van der Waals surface area contributed by atoms with E-state index >= 15 is 0 Å². The molecule has 1 saturated carbocycles. The number of ether oxygens (including phenoxy) is 2. The first-order chi connectivity index (χ1) is 9.83. The summed E-state index contributed by atoms with van der Waals surface area (Å²) in [5, 5.41) is 0. The maximum atomic E-state index is 12.5. The molecule has 0 radical (unpaired) electrons. The molecule has 5 nitrogen and oxygen atoms in total. The molecule has 130 valence electrons. The predicted octanol–water partition coefficient (Wildman–Crippen LogP) is 1.09. The number of morpholine rings is 2. The lowest BCUT2D eigenvalue weighted by Crippen LogP contribution is -2.42. The van der Waals surface area contributed by atoms with Gasteiger partial charge in [0.05, 0.1) is 26.4 Å². The number of rotatable bonds is 4. The Kier molecular flexibility index (Phi) is 9.21. The first-order valence-corrected chi connectivity index (χ1v) is 7.97. The van der Waals surface area contributed by atoms with E-state index in [1.54, 1.807) is 0 Å². The maximum Gasteiger partial charge on any atom is 0.141 e. The van der Waals surface area contributed by atoms with Gasteiger partial charge >= 0.3 is 0 Å². The summed E-state index contributed by atoms with van der Waals surface area (Å²) < 4.78 is 10.7. The second-order valence-electron chi connectivity index (χ2n) is 6.20. The highest BCUT2D eigenvalue weighted by Gasteiger charge is 2.36. The van der Waals surface area contributed by atoms with Gasteiger partial charge in [-0.05, 0) is 12.8 Å². The fourth-order valence-corrected chi connectivity index (χ4v) is 3.57. The van der Waals surface area contributed by atoms with Crippen molar-refractivity contribution in [3.63, 3.8) is 0 Å². The van der Waals surface area contributed by atoms with Gasteiger partial charge in [0.1, 0.15) is 5.78 Å². The minimum Gasteiger partial charge on any atom is -0.379 e. The summed E-state index contributed by atoms with van der Waals surface area (Å²) in [4.78, 5) is 17.3. The number of nitrogens with zero attached hydrogens (tertiary/aromatic N) is 2. The summed E-state index contributed by atoms with van der Waals surface area (Å²) in [6, 6.07) is 0. The summed E-state index contributed by atoms with van der Waals surface area (Å²) in [6.45, 7) is 9.10. The highest BCUT2D eigenvalue weighted by molar-refractivity contribution is 5.86. The van der Waals surface area contributed by atoms with Crippen molar-refractivity contribution >= 4 is 30.6 Å². The average molecular weight is 355 g/mol. The third kappa shape index (κ3) is 5.32. The van der Waals surface area contributed by atoms with Crippen molar-refractivity contribution in [2.24, 2.45) is 11.8 Å². The summed E-state index contributed by atoms with van der Waals surface area (Å²) in [7, 11) is 0. The van der Waals surface area contributed by atoms with E-state index < -0.39 is 0 Å². The molecule has 0 aromatic rings. The zero-order chi connectivity index (χ0) is 13.8. The molecule has 1 aliphatic carbocycles. The molecule has 2 unspecified atom stereocenters. The van der Waals surface area contributed by atoms with Crippen LogP contribution in [0.25, 0.3) is 0 Å². The fraction of sp³-hybridized carbons (Fsp3) is 0.933. The Labute approximate surface area is 145 Å². The predicted molar refractivity (Wildman–Crippen MR) is 90.2 cm³/mol. The number of carbonyl (C=O) groups is 1. The maximum absolute atomic E-state index is 12.5. The van der Waals surface area contributed by atoms with Crippen LogP contribution < -0.4 is 0 Å². The first kappa shape index (κ1) is 20.1. The molecule has 0 aromatic carbocycles. The molecule has 0 aromatic heterocycles. The van der Waals surface area contributed by atoms with Crippen molar-refractivity contribution in [2.75, 3.05) is 65.7 Å². The highest BCUT2D eigenvalue weighted by atomic mass is 35.5. The van der Waals surface area contributed by atoms with Crippen molar-refractivity contribution in [2.45, 2.75) is 12.8 Å². The van der Waals surface area contributed by atoms with Gasteiger partial charge in [-0.1, -0.05) is 0 Å². The quantitative estimate of drug-likeness (QED) is 0.755. The molecule has 2 aliphatic heterocycles. The monoisotopic (exact) mass is 354 g/mol. The second kappa shape index (κ2) is 10.1. The Morgan fingerprint density at radius 3 is 1.50 bits per heavy atom. The Balaban J connectivity index is 0.00000121. The van der Waals surface area contributed by atoms with E-state index in [0.717, 1.165) is 78.5 Å². The Hall–Kier alpha value is 0.0900. The minimum atomic E-state index is 0. The number of hydrogen-bond donors (Lipinski definition) is 0. The number of carbonyl (C=O) groups excluding carboxylic acids is 1. The highest BCUT2D eigenvalue weighted by Crippen LogP contribution is 2.29. The van der Waals surface area contributed by atoms with E-state index in [0.29, 0.717) is 5.78 Å². The van der Waals surface area contributed by atoms with Gasteiger partial charge in [-0.25, -0.2) is 0 Å². The molecule has 2 atom stereocenters. The molecular formula is C15H28Cl2N2O3. The first-order valence-electron chi connectivity index (χ1n) is 7.97. The number of Topliss-reactive ketones (excluding diaryl/α,β-unsaturated/α-hetero) is 1. The van der Waals surface area contributed by atoms with Crippen LogP contribution in [0.3, 0.4) is 0 Å². The van der Waals surface area contributed by atoms with Crippen LogP contribution in [-0.4, -0.2) is 81.3 Å². The molecule has 0 spiro atoms. The Morgan fingerprint density at radius 2 is 1.14 bits per heavy atom. The third-order valence-electron chi connectivity index (χ3n) is 4.83. The van der Waals surface area contributed by atoms with Crippen molar-refractivity contribution in [3.8, 4) is 0 Å². The molecule has 0 N–H and O–H groups in total. The molecule has 3 fully saturated rings. The molecule has 22 heavy (non-hydrogen) atoms. The normalized spacial score (nSPS) is 30.6. The van der Waals surface area contributed by atoms with Crippen LogP contribution in [0.4, 0.5) is 0 Å². The molecule has 0 amide bonds. The van der Waals surface area contributed by atoms with Crippen LogP contribution in [0.5, 0.6) is 0 Å². The van der Waals surface area contributed by atoms with Crippen LogP contribution in [0.15, 0.2) is 0 Å². The van der Waals surface area contributed by atoms with E-state index in [1.165, 1.54) is 0 Å². The fourth-order valence-electron chi connectivity index (χ4n) is 3.57. The molecule has 7 heteroatoms. The molecule has 2 heterocycles. The van der Waals surface area contributed by atoms with Gasteiger partial charge in [-0.3, -0.25) is 14.6 Å². The van der Waals surface area contributed by atoms with Gasteiger partial charge in [0.25, 0.3) is 0 Å². The van der Waals surface area contributed by atoms with Gasteiger partial charge in [0.15, 0.2) is 0 Å². The van der Waals surface area contributed by atoms with Crippen molar-refractivity contribution in [1.29, 1.82) is 0 Å².